The summed E-state index contributed by atoms with van der Waals surface area (Å²) in [6.45, 7) is 2.47. The molecule has 2 aromatic rings. The Morgan fingerprint density at radius 2 is 1.74 bits per heavy atom. The Morgan fingerprint density at radius 1 is 1.13 bits per heavy atom. The van der Waals surface area contributed by atoms with Crippen LogP contribution in [-0.2, 0) is 16.1 Å². The van der Waals surface area contributed by atoms with Gasteiger partial charge in [-0.25, -0.2) is 8.78 Å². The van der Waals surface area contributed by atoms with Crippen LogP contribution in [-0.4, -0.2) is 12.1 Å². The third-order valence-corrected chi connectivity index (χ3v) is 6.05. The number of alkyl halides is 3. The highest BCUT2D eigenvalue weighted by Crippen LogP contribution is 2.60. The van der Waals surface area contributed by atoms with Crippen molar-refractivity contribution in [1.82, 2.24) is 0 Å². The van der Waals surface area contributed by atoms with Crippen LogP contribution in [0.2, 0.25) is 5.02 Å². The quantitative estimate of drug-likeness (QED) is 0.333. The molecule has 2 atom stereocenters. The van der Waals surface area contributed by atoms with E-state index in [2.05, 4.69) is 0 Å². The van der Waals surface area contributed by atoms with E-state index < -0.39 is 58.2 Å². The Labute approximate surface area is 185 Å². The van der Waals surface area contributed by atoms with Gasteiger partial charge < -0.3 is 4.74 Å². The van der Waals surface area contributed by atoms with E-state index in [1.807, 2.05) is 0 Å². The van der Waals surface area contributed by atoms with Crippen molar-refractivity contribution in [3.05, 3.63) is 69.7 Å². The van der Waals surface area contributed by atoms with Crippen LogP contribution >= 0.6 is 23.2 Å². The van der Waals surface area contributed by atoms with Crippen LogP contribution in [0.5, 0.6) is 0 Å². The van der Waals surface area contributed by atoms with Crippen LogP contribution in [0.25, 0.3) is 11.1 Å². The van der Waals surface area contributed by atoms with Crippen LogP contribution in [0.4, 0.5) is 22.0 Å². The Hall–Kier alpha value is -2.12. The molecule has 1 aliphatic carbocycles. The van der Waals surface area contributed by atoms with Crippen LogP contribution in [0.3, 0.4) is 0 Å². The molecule has 2 unspecified atom stereocenters. The van der Waals surface area contributed by atoms with Crippen molar-refractivity contribution in [2.45, 2.75) is 26.6 Å². The number of rotatable bonds is 5. The molecule has 31 heavy (non-hydrogen) atoms. The molecule has 0 spiro atoms. The first-order valence-corrected chi connectivity index (χ1v) is 9.93. The van der Waals surface area contributed by atoms with Crippen molar-refractivity contribution < 1.29 is 31.5 Å². The molecule has 0 aromatic heterocycles. The Balaban J connectivity index is 1.76. The lowest BCUT2D eigenvalue weighted by atomic mass is 10.0. The monoisotopic (exact) mass is 478 g/mol. The fourth-order valence-electron chi connectivity index (χ4n) is 3.51. The molecule has 166 valence electrons. The van der Waals surface area contributed by atoms with Gasteiger partial charge in [0.1, 0.15) is 23.3 Å². The predicted octanol–water partition coefficient (Wildman–Crippen LogP) is 7.29. The number of ether oxygens (including phenoxy) is 1. The summed E-state index contributed by atoms with van der Waals surface area (Å²) in [5, 5.41) is -0.879. The first-order valence-electron chi connectivity index (χ1n) is 9.18. The lowest BCUT2D eigenvalue weighted by molar-refractivity contribution is -0.147. The van der Waals surface area contributed by atoms with Crippen LogP contribution in [0, 0.1) is 28.9 Å². The van der Waals surface area contributed by atoms with Gasteiger partial charge in [-0.05, 0) is 41.2 Å². The van der Waals surface area contributed by atoms with E-state index in [4.69, 9.17) is 27.9 Å². The summed E-state index contributed by atoms with van der Waals surface area (Å²) >= 11 is 11.1. The highest BCUT2D eigenvalue weighted by Gasteiger charge is 2.62. The number of esters is 1. The van der Waals surface area contributed by atoms with Gasteiger partial charge in [-0.1, -0.05) is 55.3 Å². The SMILES string of the molecule is CC1(C)C(C=C(Cl)C(F)(F)F)C1C(=O)OCc1c(F)ccc(-c2ccc(Cl)cc2)c1F. The molecule has 0 radical (unpaired) electrons. The molecule has 0 aliphatic heterocycles. The molecule has 2 nitrogen and oxygen atoms in total. The number of allylic oxidation sites excluding steroid dienone is 2. The minimum Gasteiger partial charge on any atom is -0.460 e. The van der Waals surface area contributed by atoms with Crippen molar-refractivity contribution >= 4 is 29.2 Å². The number of carbonyl (C=O) groups is 1. The number of halogens is 7. The van der Waals surface area contributed by atoms with Gasteiger partial charge in [-0.15, -0.1) is 0 Å². The average molecular weight is 479 g/mol. The Morgan fingerprint density at radius 3 is 2.32 bits per heavy atom. The van der Waals surface area contributed by atoms with E-state index >= 15 is 0 Å². The molecule has 0 bridgehead atoms. The molecule has 9 heteroatoms. The molecule has 1 saturated carbocycles. The van der Waals surface area contributed by atoms with Crippen LogP contribution in [0.1, 0.15) is 19.4 Å². The summed E-state index contributed by atoms with van der Waals surface area (Å²) in [6.07, 6.45) is -3.95. The summed E-state index contributed by atoms with van der Waals surface area (Å²) in [5.41, 5.74) is -0.747. The summed E-state index contributed by atoms with van der Waals surface area (Å²) in [4.78, 5) is 12.4. The topological polar surface area (TPSA) is 26.3 Å². The molecular formula is C22H17Cl2F5O2. The van der Waals surface area contributed by atoms with Gasteiger partial charge in [0, 0.05) is 10.6 Å². The van der Waals surface area contributed by atoms with E-state index in [9.17, 15) is 26.7 Å². The zero-order chi connectivity index (χ0) is 23.1. The van der Waals surface area contributed by atoms with Crippen molar-refractivity contribution in [3.63, 3.8) is 0 Å². The van der Waals surface area contributed by atoms with E-state index in [1.165, 1.54) is 6.07 Å². The summed E-state index contributed by atoms with van der Waals surface area (Å²) < 4.78 is 72.2. The Bertz CT molecular complexity index is 1030. The highest BCUT2D eigenvalue weighted by atomic mass is 35.5. The number of hydrogen-bond acceptors (Lipinski definition) is 2. The fourth-order valence-corrected chi connectivity index (χ4v) is 3.77. The largest absolute Gasteiger partial charge is 0.460 e. The number of benzene rings is 2. The Kier molecular flexibility index (Phi) is 6.40. The molecular weight excluding hydrogens is 462 g/mol. The lowest BCUT2D eigenvalue weighted by Crippen LogP contribution is -2.12. The second-order valence-corrected chi connectivity index (χ2v) is 8.68. The van der Waals surface area contributed by atoms with Crippen molar-refractivity contribution in [2.24, 2.45) is 17.3 Å². The smallest absolute Gasteiger partial charge is 0.426 e. The second kappa shape index (κ2) is 8.43. The normalized spacial score (nSPS) is 20.5. The molecule has 0 saturated heterocycles. The van der Waals surface area contributed by atoms with Gasteiger partial charge in [0.15, 0.2) is 0 Å². The number of carbonyl (C=O) groups excluding carboxylic acids is 1. The van der Waals surface area contributed by atoms with E-state index in [0.717, 1.165) is 12.1 Å². The first kappa shape index (κ1) is 23.5. The molecule has 1 fully saturated rings. The fraction of sp³-hybridized carbons (Fsp3) is 0.318. The van der Waals surface area contributed by atoms with Gasteiger partial charge >= 0.3 is 12.1 Å². The second-order valence-electron chi connectivity index (χ2n) is 7.84. The minimum atomic E-state index is -4.72. The van der Waals surface area contributed by atoms with Gasteiger partial charge in [0.25, 0.3) is 0 Å². The van der Waals surface area contributed by atoms with Gasteiger partial charge in [0.2, 0.25) is 0 Å². The van der Waals surface area contributed by atoms with E-state index in [-0.39, 0.29) is 5.56 Å². The zero-order valence-corrected chi connectivity index (χ0v) is 17.9. The summed E-state index contributed by atoms with van der Waals surface area (Å²) in [6, 6.07) is 8.52. The number of hydrogen-bond donors (Lipinski definition) is 0. The predicted molar refractivity (Wildman–Crippen MR) is 107 cm³/mol. The maximum atomic E-state index is 14.9. The van der Waals surface area contributed by atoms with Crippen molar-refractivity contribution in [3.8, 4) is 11.1 Å². The zero-order valence-electron chi connectivity index (χ0n) is 16.4. The first-order chi connectivity index (χ1) is 14.3. The standard InChI is InChI=1S/C22H17Cl2F5O2/c1-21(2)15(9-17(24)22(27,28)29)18(21)20(30)31-10-14-16(25)8-7-13(19(14)26)11-3-5-12(23)6-4-11/h3-9,15,18H,10H2,1-2H3. The minimum absolute atomic E-state index is 0.0913. The summed E-state index contributed by atoms with van der Waals surface area (Å²) in [5.74, 6) is -4.37. The third-order valence-electron chi connectivity index (χ3n) is 5.46. The molecule has 0 amide bonds. The average Bonchev–Trinajstić information content (AvgIpc) is 3.21. The maximum absolute atomic E-state index is 14.9. The van der Waals surface area contributed by atoms with E-state index in [0.29, 0.717) is 10.6 Å². The molecule has 2 aromatic carbocycles. The molecule has 3 rings (SSSR count). The summed E-state index contributed by atoms with van der Waals surface area (Å²) in [7, 11) is 0. The third kappa shape index (κ3) is 4.88. The van der Waals surface area contributed by atoms with E-state index in [1.54, 1.807) is 38.1 Å². The maximum Gasteiger partial charge on any atom is 0.426 e. The molecule has 0 heterocycles. The highest BCUT2D eigenvalue weighted by molar-refractivity contribution is 6.30. The molecule has 0 N–H and O–H groups in total. The van der Waals surface area contributed by atoms with Gasteiger partial charge in [-0.3, -0.25) is 4.79 Å². The van der Waals surface area contributed by atoms with Crippen molar-refractivity contribution in [1.29, 1.82) is 0 Å². The lowest BCUT2D eigenvalue weighted by Gasteiger charge is -2.11. The van der Waals surface area contributed by atoms with Crippen LogP contribution < -0.4 is 0 Å². The van der Waals surface area contributed by atoms with Crippen LogP contribution in [0.15, 0.2) is 47.5 Å². The van der Waals surface area contributed by atoms with Crippen molar-refractivity contribution in [2.75, 3.05) is 0 Å². The molecule has 1 aliphatic rings. The van der Waals surface area contributed by atoms with Gasteiger partial charge in [0.05, 0.1) is 11.5 Å². The van der Waals surface area contributed by atoms with Gasteiger partial charge in [-0.2, -0.15) is 13.2 Å².